The van der Waals surface area contributed by atoms with E-state index in [2.05, 4.69) is 5.32 Å². The molecule has 0 aliphatic carbocycles. The third-order valence-corrected chi connectivity index (χ3v) is 3.28. The van der Waals surface area contributed by atoms with Crippen LogP contribution in [0.1, 0.15) is 33.6 Å². The topological polar surface area (TPSA) is 90.0 Å². The quantitative estimate of drug-likeness (QED) is 0.769. The fourth-order valence-corrected chi connectivity index (χ4v) is 2.29. The van der Waals surface area contributed by atoms with Crippen LogP contribution in [0.15, 0.2) is 0 Å². The van der Waals surface area contributed by atoms with Crippen molar-refractivity contribution in [2.45, 2.75) is 45.7 Å². The lowest BCUT2D eigenvalue weighted by molar-refractivity contribution is -0.142. The highest BCUT2D eigenvalue weighted by molar-refractivity contribution is 5.91. The Bertz CT molecular complexity index is 384. The Balaban J connectivity index is 2.90. The maximum absolute atomic E-state index is 12.5. The summed E-state index contributed by atoms with van der Waals surface area (Å²) in [5.74, 6) is -1.48. The molecular weight excluding hydrogens is 262 g/mol. The molecule has 0 bridgehead atoms. The number of aliphatic carboxylic acids is 1. The smallest absolute Gasteiger partial charge is 0.320 e. The summed E-state index contributed by atoms with van der Waals surface area (Å²) < 4.78 is 0. The van der Waals surface area contributed by atoms with Crippen LogP contribution in [0.3, 0.4) is 0 Å². The first kappa shape index (κ1) is 16.3. The first-order valence-electron chi connectivity index (χ1n) is 6.95. The molecule has 7 nitrogen and oxygen atoms in total. The fourth-order valence-electron chi connectivity index (χ4n) is 2.29. The Kier molecular flexibility index (Phi) is 5.79. The highest BCUT2D eigenvalue weighted by Crippen LogP contribution is 2.14. The molecule has 1 aliphatic rings. The van der Waals surface area contributed by atoms with Gasteiger partial charge in [-0.15, -0.1) is 0 Å². The number of carboxylic acid groups (broad SMARTS) is 1. The number of nitrogens with zero attached hydrogens (tertiary/aromatic N) is 2. The van der Waals surface area contributed by atoms with E-state index in [1.807, 2.05) is 20.8 Å². The van der Waals surface area contributed by atoms with Crippen LogP contribution in [0, 0.1) is 0 Å². The number of piperazine rings is 1. The van der Waals surface area contributed by atoms with Crippen LogP contribution < -0.4 is 5.32 Å². The number of rotatable bonds is 5. The molecule has 1 aliphatic heterocycles. The van der Waals surface area contributed by atoms with Crippen molar-refractivity contribution in [3.05, 3.63) is 0 Å². The van der Waals surface area contributed by atoms with Crippen molar-refractivity contribution in [1.29, 1.82) is 0 Å². The second-order valence-corrected chi connectivity index (χ2v) is 5.17. The normalized spacial score (nSPS) is 18.9. The van der Waals surface area contributed by atoms with Crippen molar-refractivity contribution in [2.24, 2.45) is 0 Å². The molecule has 1 unspecified atom stereocenters. The van der Waals surface area contributed by atoms with Crippen LogP contribution >= 0.6 is 0 Å². The van der Waals surface area contributed by atoms with Crippen LogP contribution in [0.4, 0.5) is 4.79 Å². The zero-order valence-corrected chi connectivity index (χ0v) is 12.3. The molecule has 1 fully saturated rings. The molecule has 1 saturated heterocycles. The Morgan fingerprint density at radius 1 is 1.50 bits per heavy atom. The average Bonchev–Trinajstić information content (AvgIpc) is 2.36. The lowest BCUT2D eigenvalue weighted by atomic mass is 10.1. The minimum Gasteiger partial charge on any atom is -0.481 e. The minimum absolute atomic E-state index is 0.0120. The summed E-state index contributed by atoms with van der Waals surface area (Å²) in [5, 5.41) is 11.5. The standard InChI is InChI=1S/C13H23N3O4/c1-4-6-15(9(2)3)13(20)16-7-5-14-12(19)10(16)8-11(17)18/h9-10H,4-8H2,1-3H3,(H,14,19)(H,17,18). The monoisotopic (exact) mass is 285 g/mol. The molecule has 2 N–H and O–H groups in total. The predicted octanol–water partition coefficient (Wildman–Crippen LogP) is 0.502. The first-order valence-corrected chi connectivity index (χ1v) is 6.95. The molecule has 20 heavy (non-hydrogen) atoms. The van der Waals surface area contributed by atoms with Crippen LogP contribution in [0.2, 0.25) is 0 Å². The van der Waals surface area contributed by atoms with Crippen molar-refractivity contribution in [3.8, 4) is 0 Å². The third kappa shape index (κ3) is 3.85. The third-order valence-electron chi connectivity index (χ3n) is 3.28. The van der Waals surface area contributed by atoms with E-state index in [1.54, 1.807) is 4.90 Å². The Morgan fingerprint density at radius 2 is 2.15 bits per heavy atom. The van der Waals surface area contributed by atoms with E-state index in [4.69, 9.17) is 5.11 Å². The number of hydrogen-bond acceptors (Lipinski definition) is 3. The van der Waals surface area contributed by atoms with Crippen molar-refractivity contribution >= 4 is 17.9 Å². The van der Waals surface area contributed by atoms with Crippen molar-refractivity contribution < 1.29 is 19.5 Å². The van der Waals surface area contributed by atoms with E-state index in [0.717, 1.165) is 6.42 Å². The molecule has 1 heterocycles. The number of amides is 3. The van der Waals surface area contributed by atoms with Gasteiger partial charge in [0.1, 0.15) is 6.04 Å². The molecule has 1 atom stereocenters. The summed E-state index contributed by atoms with van der Waals surface area (Å²) >= 11 is 0. The molecule has 1 rings (SSSR count). The minimum atomic E-state index is -1.09. The predicted molar refractivity (Wildman–Crippen MR) is 73.3 cm³/mol. The molecule has 3 amide bonds. The first-order chi connectivity index (χ1) is 9.38. The van der Waals surface area contributed by atoms with Gasteiger partial charge in [-0.05, 0) is 20.3 Å². The number of urea groups is 1. The van der Waals surface area contributed by atoms with Crippen molar-refractivity contribution in [3.63, 3.8) is 0 Å². The van der Waals surface area contributed by atoms with Gasteiger partial charge in [0, 0.05) is 25.7 Å². The molecule has 0 spiro atoms. The van der Waals surface area contributed by atoms with E-state index in [9.17, 15) is 14.4 Å². The van der Waals surface area contributed by atoms with Gasteiger partial charge in [0.15, 0.2) is 0 Å². The van der Waals surface area contributed by atoms with E-state index >= 15 is 0 Å². The maximum Gasteiger partial charge on any atom is 0.320 e. The van der Waals surface area contributed by atoms with Gasteiger partial charge in [0.05, 0.1) is 6.42 Å². The molecule has 114 valence electrons. The molecule has 0 aromatic heterocycles. The zero-order valence-electron chi connectivity index (χ0n) is 12.3. The summed E-state index contributed by atoms with van der Waals surface area (Å²) in [7, 11) is 0. The van der Waals surface area contributed by atoms with E-state index in [0.29, 0.717) is 19.6 Å². The van der Waals surface area contributed by atoms with E-state index in [1.165, 1.54) is 4.90 Å². The van der Waals surface area contributed by atoms with Crippen LogP contribution in [0.5, 0.6) is 0 Å². The van der Waals surface area contributed by atoms with Gasteiger partial charge >= 0.3 is 12.0 Å². The van der Waals surface area contributed by atoms with Gasteiger partial charge < -0.3 is 20.2 Å². The molecule has 0 aromatic carbocycles. The zero-order chi connectivity index (χ0) is 15.3. The van der Waals surface area contributed by atoms with Crippen LogP contribution in [-0.2, 0) is 9.59 Å². The lowest BCUT2D eigenvalue weighted by Gasteiger charge is -2.39. The van der Waals surface area contributed by atoms with Gasteiger partial charge in [-0.3, -0.25) is 9.59 Å². The summed E-state index contributed by atoms with van der Waals surface area (Å²) in [6.45, 7) is 7.08. The van der Waals surface area contributed by atoms with Crippen LogP contribution in [-0.4, -0.2) is 64.5 Å². The van der Waals surface area contributed by atoms with Gasteiger partial charge in [0.25, 0.3) is 0 Å². The molecule has 0 aromatic rings. The number of carboxylic acids is 1. The van der Waals surface area contributed by atoms with Crippen molar-refractivity contribution in [1.82, 2.24) is 15.1 Å². The maximum atomic E-state index is 12.5. The van der Waals surface area contributed by atoms with Gasteiger partial charge in [-0.2, -0.15) is 0 Å². The number of carbonyl (C=O) groups excluding carboxylic acids is 2. The van der Waals surface area contributed by atoms with E-state index < -0.39 is 17.9 Å². The number of nitrogens with one attached hydrogen (secondary N) is 1. The summed E-state index contributed by atoms with van der Waals surface area (Å²) in [5.41, 5.74) is 0. The highest BCUT2D eigenvalue weighted by atomic mass is 16.4. The van der Waals surface area contributed by atoms with Crippen molar-refractivity contribution in [2.75, 3.05) is 19.6 Å². The van der Waals surface area contributed by atoms with Gasteiger partial charge in [0.2, 0.25) is 5.91 Å². The Labute approximate surface area is 118 Å². The largest absolute Gasteiger partial charge is 0.481 e. The second kappa shape index (κ2) is 7.12. The summed E-state index contributed by atoms with van der Waals surface area (Å²) in [6.07, 6.45) is 0.448. The molecule has 0 saturated carbocycles. The molecule has 0 radical (unpaired) electrons. The van der Waals surface area contributed by atoms with Gasteiger partial charge in [-0.25, -0.2) is 4.79 Å². The fraction of sp³-hybridized carbons (Fsp3) is 0.769. The van der Waals surface area contributed by atoms with Crippen LogP contribution in [0.25, 0.3) is 0 Å². The SMILES string of the molecule is CCCN(C(=O)N1CCNC(=O)C1CC(=O)O)C(C)C. The molecular formula is C13H23N3O4. The lowest BCUT2D eigenvalue weighted by Crippen LogP contribution is -2.61. The highest BCUT2D eigenvalue weighted by Gasteiger charge is 2.37. The second-order valence-electron chi connectivity index (χ2n) is 5.17. The number of hydrogen-bond donors (Lipinski definition) is 2. The summed E-state index contributed by atoms with van der Waals surface area (Å²) in [4.78, 5) is 38.3. The Morgan fingerprint density at radius 3 is 2.65 bits per heavy atom. The average molecular weight is 285 g/mol. The number of carbonyl (C=O) groups is 3. The van der Waals surface area contributed by atoms with Gasteiger partial charge in [-0.1, -0.05) is 6.92 Å². The molecule has 7 heteroatoms. The van der Waals surface area contributed by atoms with E-state index in [-0.39, 0.29) is 18.5 Å². The Hall–Kier alpha value is -1.79. The summed E-state index contributed by atoms with van der Waals surface area (Å²) in [6, 6.07) is -1.17.